The molecule has 1 aromatic carbocycles. The van der Waals surface area contributed by atoms with Gasteiger partial charge in [-0.05, 0) is 37.5 Å². The van der Waals surface area contributed by atoms with Crippen LogP contribution in [0, 0.1) is 5.82 Å². The van der Waals surface area contributed by atoms with E-state index in [-0.39, 0.29) is 34.4 Å². The molecule has 3 fully saturated rings. The maximum Gasteiger partial charge on any atom is 0.258 e. The molecule has 156 valence electrons. The van der Waals surface area contributed by atoms with Crippen LogP contribution in [-0.4, -0.2) is 43.9 Å². The molecule has 0 radical (unpaired) electrons. The Hall–Kier alpha value is -2.75. The van der Waals surface area contributed by atoms with Crippen LogP contribution in [0.3, 0.4) is 0 Å². The number of nitrogens with zero attached hydrogens (tertiary/aromatic N) is 2. The first-order valence-electron chi connectivity index (χ1n) is 9.49. The minimum absolute atomic E-state index is 0.00104. The number of nitrogens with one attached hydrogen (secondary N) is 3. The molecule has 0 spiro atoms. The Morgan fingerprint density at radius 3 is 2.87 bits per heavy atom. The normalized spacial score (nSPS) is 25.3. The van der Waals surface area contributed by atoms with E-state index in [9.17, 15) is 14.3 Å². The summed E-state index contributed by atoms with van der Waals surface area (Å²) in [6, 6.07) is 5.87. The standard InChI is InChI=1S/C20H19ClFN5O3/c21-14-2-1-13(4-15(14)22)30-7-16(28)25-19-8-20(9-19,10-19)26-18(29)12-3-11-6-24-27-17(11)23-5-12/h1-6,18,26,29H,7-10H2,(H,25,28)(H,23,24,27). The van der Waals surface area contributed by atoms with Crippen LogP contribution in [0.5, 0.6) is 5.75 Å². The molecule has 3 aromatic rings. The minimum Gasteiger partial charge on any atom is -0.484 e. The molecule has 6 rings (SSSR count). The molecule has 3 aliphatic rings. The summed E-state index contributed by atoms with van der Waals surface area (Å²) in [5.41, 5.74) is 0.862. The maximum absolute atomic E-state index is 13.4. The van der Waals surface area contributed by atoms with E-state index in [1.807, 2.05) is 6.07 Å². The van der Waals surface area contributed by atoms with Crippen molar-refractivity contribution < 1.29 is 19.0 Å². The Morgan fingerprint density at radius 2 is 2.10 bits per heavy atom. The Bertz CT molecular complexity index is 1120. The van der Waals surface area contributed by atoms with Gasteiger partial charge >= 0.3 is 0 Å². The summed E-state index contributed by atoms with van der Waals surface area (Å²) in [4.78, 5) is 16.4. The molecule has 2 aromatic heterocycles. The van der Waals surface area contributed by atoms with Gasteiger partial charge in [-0.2, -0.15) is 5.10 Å². The van der Waals surface area contributed by atoms with Gasteiger partial charge in [0.25, 0.3) is 5.91 Å². The molecule has 2 bridgehead atoms. The number of hydrogen-bond acceptors (Lipinski definition) is 6. The van der Waals surface area contributed by atoms with E-state index in [1.54, 1.807) is 12.4 Å². The van der Waals surface area contributed by atoms with Gasteiger partial charge < -0.3 is 15.2 Å². The van der Waals surface area contributed by atoms with Gasteiger partial charge in [-0.3, -0.25) is 15.2 Å². The van der Waals surface area contributed by atoms with Crippen LogP contribution < -0.4 is 15.4 Å². The third kappa shape index (κ3) is 3.38. The molecule has 2 heterocycles. The predicted octanol–water partition coefficient (Wildman–Crippen LogP) is 2.20. The third-order valence-electron chi connectivity index (χ3n) is 5.77. The zero-order valence-electron chi connectivity index (χ0n) is 15.8. The minimum atomic E-state index is -0.853. The topological polar surface area (TPSA) is 112 Å². The van der Waals surface area contributed by atoms with Crippen molar-refractivity contribution in [1.82, 2.24) is 25.8 Å². The number of hydrogen-bond donors (Lipinski definition) is 4. The number of fused-ring (bicyclic) bond motifs is 1. The Morgan fingerprint density at radius 1 is 1.30 bits per heavy atom. The van der Waals surface area contributed by atoms with E-state index in [0.29, 0.717) is 11.2 Å². The zero-order chi connectivity index (χ0) is 20.9. The summed E-state index contributed by atoms with van der Waals surface area (Å²) in [5, 5.41) is 24.3. The summed E-state index contributed by atoms with van der Waals surface area (Å²) in [6.07, 6.45) is 4.58. The first kappa shape index (κ1) is 19.2. The largest absolute Gasteiger partial charge is 0.484 e. The lowest BCUT2D eigenvalue weighted by molar-refractivity contribution is -0.151. The van der Waals surface area contributed by atoms with E-state index in [2.05, 4.69) is 25.8 Å². The SMILES string of the molecule is O=C(COc1ccc(Cl)c(F)c1)NC12CC(NC(O)c3cnc4[nH]ncc4c3)(C1)C2. The van der Waals surface area contributed by atoms with Crippen molar-refractivity contribution in [2.24, 2.45) is 0 Å². The quantitative estimate of drug-likeness (QED) is 0.427. The van der Waals surface area contributed by atoms with Crippen LogP contribution >= 0.6 is 11.6 Å². The Labute approximate surface area is 175 Å². The molecule has 1 amide bonds. The molecule has 10 heteroatoms. The van der Waals surface area contributed by atoms with E-state index in [0.717, 1.165) is 30.7 Å². The van der Waals surface area contributed by atoms with Gasteiger partial charge in [0, 0.05) is 34.3 Å². The van der Waals surface area contributed by atoms with Crippen LogP contribution in [0.15, 0.2) is 36.7 Å². The number of ether oxygens (including phenoxy) is 1. The zero-order valence-corrected chi connectivity index (χ0v) is 16.5. The number of aliphatic hydroxyl groups excluding tert-OH is 1. The van der Waals surface area contributed by atoms with Crippen molar-refractivity contribution in [3.8, 4) is 5.75 Å². The van der Waals surface area contributed by atoms with Crippen molar-refractivity contribution in [2.75, 3.05) is 6.61 Å². The first-order valence-corrected chi connectivity index (χ1v) is 9.87. The molecular weight excluding hydrogens is 413 g/mol. The van der Waals surface area contributed by atoms with E-state index < -0.39 is 12.0 Å². The first-order chi connectivity index (χ1) is 14.4. The second-order valence-corrected chi connectivity index (χ2v) is 8.53. The van der Waals surface area contributed by atoms with Gasteiger partial charge in [-0.1, -0.05) is 11.6 Å². The highest BCUT2D eigenvalue weighted by atomic mass is 35.5. The molecule has 3 saturated carbocycles. The van der Waals surface area contributed by atoms with Crippen LogP contribution in [0.4, 0.5) is 4.39 Å². The van der Waals surface area contributed by atoms with E-state index in [1.165, 1.54) is 12.1 Å². The highest BCUT2D eigenvalue weighted by Gasteiger charge is 2.68. The van der Waals surface area contributed by atoms with Gasteiger partial charge in [0.15, 0.2) is 12.3 Å². The van der Waals surface area contributed by atoms with Crippen molar-refractivity contribution in [1.29, 1.82) is 0 Å². The summed E-state index contributed by atoms with van der Waals surface area (Å²) in [6.45, 7) is -0.206. The van der Waals surface area contributed by atoms with Crippen molar-refractivity contribution >= 4 is 28.5 Å². The molecule has 30 heavy (non-hydrogen) atoms. The lowest BCUT2D eigenvalue weighted by Gasteiger charge is -2.71. The molecule has 0 aliphatic heterocycles. The number of aromatic amines is 1. The van der Waals surface area contributed by atoms with Crippen molar-refractivity contribution in [3.05, 3.63) is 53.1 Å². The number of carbonyl (C=O) groups excluding carboxylic acids is 1. The molecular formula is C20H19ClFN5O3. The fourth-order valence-electron chi connectivity index (χ4n) is 4.50. The summed E-state index contributed by atoms with van der Waals surface area (Å²) in [5.74, 6) is -0.620. The van der Waals surface area contributed by atoms with Crippen LogP contribution in [0.1, 0.15) is 31.1 Å². The number of benzene rings is 1. The highest BCUT2D eigenvalue weighted by molar-refractivity contribution is 6.30. The average molecular weight is 432 g/mol. The molecule has 1 atom stereocenters. The number of H-pyrrole nitrogens is 1. The molecule has 8 nitrogen and oxygen atoms in total. The smallest absolute Gasteiger partial charge is 0.258 e. The van der Waals surface area contributed by atoms with Gasteiger partial charge in [0.05, 0.1) is 11.2 Å². The average Bonchev–Trinajstić information content (AvgIpc) is 3.14. The van der Waals surface area contributed by atoms with Gasteiger partial charge in [0.2, 0.25) is 0 Å². The number of pyridine rings is 1. The van der Waals surface area contributed by atoms with E-state index >= 15 is 0 Å². The lowest BCUT2D eigenvalue weighted by Crippen LogP contribution is -2.83. The van der Waals surface area contributed by atoms with Crippen LogP contribution in [0.2, 0.25) is 5.02 Å². The molecule has 3 aliphatic carbocycles. The third-order valence-corrected chi connectivity index (χ3v) is 6.07. The monoisotopic (exact) mass is 431 g/mol. The number of rotatable bonds is 7. The van der Waals surface area contributed by atoms with Crippen molar-refractivity contribution in [2.45, 2.75) is 36.6 Å². The number of amides is 1. The molecule has 0 saturated heterocycles. The summed E-state index contributed by atoms with van der Waals surface area (Å²) >= 11 is 5.63. The van der Waals surface area contributed by atoms with Gasteiger partial charge in [-0.25, -0.2) is 9.37 Å². The Kier molecular flexibility index (Phi) is 4.42. The predicted molar refractivity (Wildman–Crippen MR) is 106 cm³/mol. The maximum atomic E-state index is 13.4. The fraction of sp³-hybridized carbons (Fsp3) is 0.350. The summed E-state index contributed by atoms with van der Waals surface area (Å²) < 4.78 is 18.8. The second kappa shape index (κ2) is 6.90. The van der Waals surface area contributed by atoms with Gasteiger partial charge in [0.1, 0.15) is 17.8 Å². The van der Waals surface area contributed by atoms with Gasteiger partial charge in [-0.15, -0.1) is 0 Å². The number of aromatic nitrogens is 3. The van der Waals surface area contributed by atoms with E-state index in [4.69, 9.17) is 16.3 Å². The number of aliphatic hydroxyl groups is 1. The number of halogens is 2. The fourth-order valence-corrected chi connectivity index (χ4v) is 4.61. The van der Waals surface area contributed by atoms with Crippen molar-refractivity contribution in [3.63, 3.8) is 0 Å². The molecule has 4 N–H and O–H groups in total. The van der Waals surface area contributed by atoms with Crippen LogP contribution in [-0.2, 0) is 4.79 Å². The Balaban J connectivity index is 1.11. The molecule has 1 unspecified atom stereocenters. The summed E-state index contributed by atoms with van der Waals surface area (Å²) in [7, 11) is 0. The highest BCUT2D eigenvalue weighted by Crippen LogP contribution is 2.60. The van der Waals surface area contributed by atoms with Crippen LogP contribution in [0.25, 0.3) is 11.0 Å². The number of carbonyl (C=O) groups is 1. The second-order valence-electron chi connectivity index (χ2n) is 8.13. The lowest BCUT2D eigenvalue weighted by atomic mass is 9.44.